The second-order valence-corrected chi connectivity index (χ2v) is 7.63. The summed E-state index contributed by atoms with van der Waals surface area (Å²) < 4.78 is 5.24. The Morgan fingerprint density at radius 1 is 1.46 bits per heavy atom. The van der Waals surface area contributed by atoms with Gasteiger partial charge in [0.15, 0.2) is 5.82 Å². The number of aromatic nitrogens is 2. The molecule has 0 bridgehead atoms. The fourth-order valence-corrected chi connectivity index (χ4v) is 3.60. The lowest BCUT2D eigenvalue weighted by atomic mass is 9.78. The highest BCUT2D eigenvalue weighted by Gasteiger charge is 2.32. The number of allylic oxidation sites excluding steroid dienone is 1. The Kier molecular flexibility index (Phi) is 4.92. The van der Waals surface area contributed by atoms with Gasteiger partial charge >= 0.3 is 6.03 Å². The predicted molar refractivity (Wildman–Crippen MR) is 91.7 cm³/mol. The molecular formula is C18H28N4O2. The normalized spacial score (nSPS) is 21.7. The van der Waals surface area contributed by atoms with E-state index in [2.05, 4.69) is 35.4 Å². The average molecular weight is 332 g/mol. The minimum Gasteiger partial charge on any atom is -0.339 e. The molecule has 0 radical (unpaired) electrons. The quantitative estimate of drug-likeness (QED) is 0.858. The molecule has 2 aliphatic rings. The van der Waals surface area contributed by atoms with E-state index in [4.69, 9.17) is 4.52 Å². The van der Waals surface area contributed by atoms with E-state index in [1.807, 2.05) is 11.8 Å². The molecular weight excluding hydrogens is 304 g/mol. The number of nitrogens with one attached hydrogen (secondary N) is 1. The Bertz CT molecular complexity index is 620. The van der Waals surface area contributed by atoms with Crippen LogP contribution >= 0.6 is 0 Å². The van der Waals surface area contributed by atoms with E-state index in [1.54, 1.807) is 0 Å². The van der Waals surface area contributed by atoms with Crippen LogP contribution in [0, 0.1) is 12.3 Å². The first kappa shape index (κ1) is 17.0. The number of amides is 2. The van der Waals surface area contributed by atoms with Crippen molar-refractivity contribution in [3.63, 3.8) is 0 Å². The van der Waals surface area contributed by atoms with E-state index in [9.17, 15) is 4.79 Å². The molecule has 1 aromatic heterocycles. The molecule has 0 aromatic carbocycles. The predicted octanol–water partition coefficient (Wildman–Crippen LogP) is 3.40. The number of urea groups is 1. The van der Waals surface area contributed by atoms with Gasteiger partial charge in [0.05, 0.1) is 5.92 Å². The van der Waals surface area contributed by atoms with E-state index >= 15 is 0 Å². The number of hydrogen-bond donors (Lipinski definition) is 1. The molecule has 6 nitrogen and oxygen atoms in total. The largest absolute Gasteiger partial charge is 0.339 e. The number of nitrogens with zero attached hydrogens (tertiary/aromatic N) is 3. The Morgan fingerprint density at radius 2 is 2.29 bits per heavy atom. The molecule has 2 amide bonds. The average Bonchev–Trinajstić information content (AvgIpc) is 3.22. The summed E-state index contributed by atoms with van der Waals surface area (Å²) in [5.74, 6) is 1.46. The van der Waals surface area contributed by atoms with E-state index in [-0.39, 0.29) is 17.4 Å². The highest BCUT2D eigenvalue weighted by atomic mass is 16.5. The molecule has 1 atom stereocenters. The van der Waals surface area contributed by atoms with Crippen LogP contribution in [-0.4, -0.2) is 40.7 Å². The Morgan fingerprint density at radius 3 is 2.96 bits per heavy atom. The van der Waals surface area contributed by atoms with Gasteiger partial charge in [0.1, 0.15) is 0 Å². The van der Waals surface area contributed by atoms with E-state index in [1.165, 1.54) is 24.8 Å². The molecule has 1 aliphatic heterocycles. The molecule has 0 spiro atoms. The topological polar surface area (TPSA) is 71.3 Å². The van der Waals surface area contributed by atoms with Crippen LogP contribution in [0.4, 0.5) is 4.79 Å². The van der Waals surface area contributed by atoms with Gasteiger partial charge in [-0.15, -0.1) is 0 Å². The molecule has 1 fully saturated rings. The number of likely N-dealkylation sites (tertiary alicyclic amines) is 1. The van der Waals surface area contributed by atoms with Crippen molar-refractivity contribution in [2.45, 2.75) is 58.8 Å². The third-order valence-electron chi connectivity index (χ3n) is 5.21. The molecule has 1 unspecified atom stereocenters. The zero-order chi connectivity index (χ0) is 17.2. The van der Waals surface area contributed by atoms with E-state index < -0.39 is 0 Å². The minimum absolute atomic E-state index is 0.0122. The van der Waals surface area contributed by atoms with Gasteiger partial charge in [-0.2, -0.15) is 4.98 Å². The van der Waals surface area contributed by atoms with Crippen LogP contribution in [-0.2, 0) is 0 Å². The number of hydrogen-bond acceptors (Lipinski definition) is 4. The molecule has 24 heavy (non-hydrogen) atoms. The highest BCUT2D eigenvalue weighted by Crippen LogP contribution is 2.33. The van der Waals surface area contributed by atoms with Gasteiger partial charge in [-0.3, -0.25) is 0 Å². The Labute approximate surface area is 143 Å². The molecule has 1 saturated heterocycles. The van der Waals surface area contributed by atoms with Crippen molar-refractivity contribution < 1.29 is 9.32 Å². The van der Waals surface area contributed by atoms with Crippen molar-refractivity contribution in [1.82, 2.24) is 20.4 Å². The zero-order valence-electron chi connectivity index (χ0n) is 15.0. The van der Waals surface area contributed by atoms with Crippen molar-refractivity contribution in [1.29, 1.82) is 0 Å². The van der Waals surface area contributed by atoms with Gasteiger partial charge in [-0.05, 0) is 39.0 Å². The van der Waals surface area contributed by atoms with Crippen LogP contribution in [0.3, 0.4) is 0 Å². The summed E-state index contributed by atoms with van der Waals surface area (Å²) in [6.45, 7) is 8.32. The second-order valence-electron chi connectivity index (χ2n) is 7.63. The molecule has 0 saturated carbocycles. The number of rotatable bonds is 4. The van der Waals surface area contributed by atoms with Crippen LogP contribution in [0.15, 0.2) is 16.2 Å². The van der Waals surface area contributed by atoms with E-state index in [0.29, 0.717) is 24.8 Å². The third kappa shape index (κ3) is 3.79. The van der Waals surface area contributed by atoms with Crippen LogP contribution in [0.1, 0.15) is 63.6 Å². The second kappa shape index (κ2) is 6.95. The summed E-state index contributed by atoms with van der Waals surface area (Å²) in [7, 11) is 0. The lowest BCUT2D eigenvalue weighted by Crippen LogP contribution is -2.43. The summed E-state index contributed by atoms with van der Waals surface area (Å²) in [5.41, 5.74) is 1.51. The molecule has 132 valence electrons. The van der Waals surface area contributed by atoms with Gasteiger partial charge in [-0.1, -0.05) is 30.7 Å². The van der Waals surface area contributed by atoms with Gasteiger partial charge in [0, 0.05) is 25.0 Å². The minimum atomic E-state index is 0.0122. The van der Waals surface area contributed by atoms with Crippen LogP contribution in [0.25, 0.3) is 0 Å². The molecule has 1 aliphatic carbocycles. The van der Waals surface area contributed by atoms with E-state index in [0.717, 1.165) is 19.4 Å². The SMILES string of the molecule is Cc1noc(C2CCN(C(=O)NCC(C)(C)C3=CCCCC3)C2)n1. The smallest absolute Gasteiger partial charge is 0.317 e. The van der Waals surface area contributed by atoms with Crippen LogP contribution in [0.5, 0.6) is 0 Å². The Hall–Kier alpha value is -1.85. The van der Waals surface area contributed by atoms with Crippen LogP contribution in [0.2, 0.25) is 0 Å². The number of aryl methyl sites for hydroxylation is 1. The first-order valence-electron chi connectivity index (χ1n) is 8.98. The standard InChI is InChI=1S/C18H28N4O2/c1-13-20-16(24-21-13)14-9-10-22(11-14)17(23)19-12-18(2,3)15-7-5-4-6-8-15/h7,14H,4-6,8-12H2,1-3H3,(H,19,23). The highest BCUT2D eigenvalue weighted by molar-refractivity contribution is 5.74. The summed E-state index contributed by atoms with van der Waals surface area (Å²) in [5, 5.41) is 6.96. The maximum atomic E-state index is 12.5. The van der Waals surface area contributed by atoms with Crippen molar-refractivity contribution in [3.05, 3.63) is 23.4 Å². The van der Waals surface area contributed by atoms with Crippen molar-refractivity contribution in [2.75, 3.05) is 19.6 Å². The van der Waals surface area contributed by atoms with Crippen molar-refractivity contribution in [3.8, 4) is 0 Å². The fourth-order valence-electron chi connectivity index (χ4n) is 3.60. The molecule has 2 heterocycles. The monoisotopic (exact) mass is 332 g/mol. The first-order chi connectivity index (χ1) is 11.5. The molecule has 3 rings (SSSR count). The summed E-state index contributed by atoms with van der Waals surface area (Å²) in [6.07, 6.45) is 8.12. The summed E-state index contributed by atoms with van der Waals surface area (Å²) >= 11 is 0. The molecule has 6 heteroatoms. The number of carbonyl (C=O) groups excluding carboxylic acids is 1. The molecule has 1 aromatic rings. The van der Waals surface area contributed by atoms with Crippen LogP contribution < -0.4 is 5.32 Å². The maximum Gasteiger partial charge on any atom is 0.317 e. The maximum absolute atomic E-state index is 12.5. The summed E-state index contributed by atoms with van der Waals surface area (Å²) in [6, 6.07) is 0.0122. The molecule has 1 N–H and O–H groups in total. The van der Waals surface area contributed by atoms with Gasteiger partial charge in [0.2, 0.25) is 5.89 Å². The zero-order valence-corrected chi connectivity index (χ0v) is 15.0. The van der Waals surface area contributed by atoms with Gasteiger partial charge in [0.25, 0.3) is 0 Å². The lowest BCUT2D eigenvalue weighted by molar-refractivity contribution is 0.203. The third-order valence-corrected chi connectivity index (χ3v) is 5.21. The summed E-state index contributed by atoms with van der Waals surface area (Å²) in [4.78, 5) is 18.6. The number of carbonyl (C=O) groups is 1. The lowest BCUT2D eigenvalue weighted by Gasteiger charge is -2.31. The van der Waals surface area contributed by atoms with Gasteiger partial charge < -0.3 is 14.7 Å². The fraction of sp³-hybridized carbons (Fsp3) is 0.722. The first-order valence-corrected chi connectivity index (χ1v) is 8.98. The van der Waals surface area contributed by atoms with Crippen molar-refractivity contribution >= 4 is 6.03 Å². The van der Waals surface area contributed by atoms with Gasteiger partial charge in [-0.25, -0.2) is 4.79 Å². The van der Waals surface area contributed by atoms with Crippen molar-refractivity contribution in [2.24, 2.45) is 5.41 Å². The Balaban J connectivity index is 1.51.